The highest BCUT2D eigenvalue weighted by Crippen LogP contribution is 2.46. The van der Waals surface area contributed by atoms with E-state index in [1.807, 2.05) is 0 Å². The van der Waals surface area contributed by atoms with E-state index in [2.05, 4.69) is 0 Å². The van der Waals surface area contributed by atoms with Crippen LogP contribution in [0.3, 0.4) is 0 Å². The lowest BCUT2D eigenvalue weighted by atomic mass is 9.82. The van der Waals surface area contributed by atoms with Crippen molar-refractivity contribution in [3.63, 3.8) is 0 Å². The monoisotopic (exact) mass is 148 g/mol. The van der Waals surface area contributed by atoms with E-state index in [0.29, 0.717) is 6.42 Å². The molecular formula is C7H10B2O2. The van der Waals surface area contributed by atoms with Crippen LogP contribution in [0, 0.1) is 0 Å². The van der Waals surface area contributed by atoms with Crippen LogP contribution in [0.5, 0.6) is 0 Å². The molecule has 11 heavy (non-hydrogen) atoms. The molecule has 0 bridgehead atoms. The zero-order chi connectivity index (χ0) is 8.06. The minimum atomic E-state index is -0.723. The quantitative estimate of drug-likeness (QED) is 0.480. The summed E-state index contributed by atoms with van der Waals surface area (Å²) in [5.41, 5.74) is -0.723. The van der Waals surface area contributed by atoms with Gasteiger partial charge < -0.3 is 9.84 Å². The molecule has 0 unspecified atom stereocenters. The summed E-state index contributed by atoms with van der Waals surface area (Å²) >= 11 is 0. The van der Waals surface area contributed by atoms with Crippen molar-refractivity contribution in [2.75, 3.05) is 0 Å². The zero-order valence-corrected chi connectivity index (χ0v) is 6.36. The van der Waals surface area contributed by atoms with Gasteiger partial charge in [-0.05, 0) is 18.7 Å². The Morgan fingerprint density at radius 1 is 1.45 bits per heavy atom. The molecule has 2 fully saturated rings. The van der Waals surface area contributed by atoms with Gasteiger partial charge in [-0.3, -0.25) is 0 Å². The molecule has 0 spiro atoms. The van der Waals surface area contributed by atoms with E-state index in [-0.39, 0.29) is 17.9 Å². The van der Waals surface area contributed by atoms with Crippen molar-refractivity contribution in [3.8, 4) is 0 Å². The average Bonchev–Trinajstić information content (AvgIpc) is 2.32. The maximum atomic E-state index is 9.89. The van der Waals surface area contributed by atoms with Crippen LogP contribution in [-0.4, -0.2) is 38.5 Å². The lowest BCUT2D eigenvalue weighted by Crippen LogP contribution is -2.33. The molecule has 1 saturated heterocycles. The van der Waals surface area contributed by atoms with Crippen LogP contribution >= 0.6 is 0 Å². The topological polar surface area (TPSA) is 29.5 Å². The van der Waals surface area contributed by atoms with Gasteiger partial charge in [-0.2, -0.15) is 0 Å². The van der Waals surface area contributed by atoms with Gasteiger partial charge >= 0.3 is 0 Å². The molecule has 1 heterocycles. The van der Waals surface area contributed by atoms with E-state index in [1.54, 1.807) is 0 Å². The molecule has 2 nitrogen and oxygen atoms in total. The lowest BCUT2D eigenvalue weighted by Gasteiger charge is -2.22. The van der Waals surface area contributed by atoms with Gasteiger partial charge in [-0.1, -0.05) is 6.42 Å². The standard InChI is InChI=1S/C7H10B2O2/c8-4-1-2-7(10)3-5(9)11-6(4)7/h4-6,10H,1-3H2/t4-,5-,6-,7+/m1/s1. The molecule has 4 radical (unpaired) electrons. The third-order valence-electron chi connectivity index (χ3n) is 2.71. The van der Waals surface area contributed by atoms with E-state index < -0.39 is 5.60 Å². The Morgan fingerprint density at radius 2 is 2.18 bits per heavy atom. The second-order valence-corrected chi connectivity index (χ2v) is 3.61. The van der Waals surface area contributed by atoms with Crippen LogP contribution in [0.25, 0.3) is 0 Å². The molecule has 0 amide bonds. The summed E-state index contributed by atoms with van der Waals surface area (Å²) in [6.07, 6.45) is 1.88. The Morgan fingerprint density at radius 3 is 2.82 bits per heavy atom. The van der Waals surface area contributed by atoms with Gasteiger partial charge in [0, 0.05) is 6.00 Å². The molecule has 0 aromatic carbocycles. The molecule has 1 N–H and O–H groups in total. The van der Waals surface area contributed by atoms with Crippen LogP contribution in [0.15, 0.2) is 0 Å². The van der Waals surface area contributed by atoms with Gasteiger partial charge in [0.15, 0.2) is 0 Å². The molecule has 1 saturated carbocycles. The summed E-state index contributed by atoms with van der Waals surface area (Å²) in [5.74, 6) is -0.0338. The van der Waals surface area contributed by atoms with Gasteiger partial charge in [-0.15, -0.1) is 0 Å². The van der Waals surface area contributed by atoms with Crippen molar-refractivity contribution >= 4 is 15.7 Å². The third kappa shape index (κ3) is 1.04. The maximum Gasteiger partial charge on any atom is 0.109 e. The summed E-state index contributed by atoms with van der Waals surface area (Å²) in [6.45, 7) is 0. The number of hydrogen-bond acceptors (Lipinski definition) is 2. The van der Waals surface area contributed by atoms with Crippen molar-refractivity contribution < 1.29 is 9.84 Å². The van der Waals surface area contributed by atoms with Crippen LogP contribution < -0.4 is 0 Å². The number of rotatable bonds is 0. The average molecular weight is 148 g/mol. The smallest absolute Gasteiger partial charge is 0.109 e. The number of fused-ring (bicyclic) bond motifs is 1. The Kier molecular flexibility index (Phi) is 1.58. The summed E-state index contributed by atoms with van der Waals surface area (Å²) in [5, 5.41) is 9.89. The van der Waals surface area contributed by atoms with Gasteiger partial charge in [-0.25, -0.2) is 0 Å². The minimum Gasteiger partial charge on any atom is -0.387 e. The summed E-state index contributed by atoms with van der Waals surface area (Å²) in [7, 11) is 11.3. The highest BCUT2D eigenvalue weighted by atomic mass is 16.5. The van der Waals surface area contributed by atoms with Crippen LogP contribution in [0.4, 0.5) is 0 Å². The molecule has 4 atom stereocenters. The fourth-order valence-corrected chi connectivity index (χ4v) is 2.14. The van der Waals surface area contributed by atoms with Crippen molar-refractivity contribution in [1.82, 2.24) is 0 Å². The lowest BCUT2D eigenvalue weighted by molar-refractivity contribution is -0.0168. The zero-order valence-electron chi connectivity index (χ0n) is 6.36. The number of hydrogen-bond donors (Lipinski definition) is 1. The molecule has 0 aromatic heterocycles. The van der Waals surface area contributed by atoms with E-state index in [4.69, 9.17) is 20.4 Å². The van der Waals surface area contributed by atoms with E-state index in [0.717, 1.165) is 12.8 Å². The van der Waals surface area contributed by atoms with Gasteiger partial charge in [0.25, 0.3) is 0 Å². The first kappa shape index (κ1) is 7.69. The maximum absolute atomic E-state index is 9.89. The van der Waals surface area contributed by atoms with Crippen molar-refractivity contribution in [3.05, 3.63) is 0 Å². The van der Waals surface area contributed by atoms with Crippen molar-refractivity contribution in [1.29, 1.82) is 0 Å². The number of aliphatic hydroxyl groups is 1. The fourth-order valence-electron chi connectivity index (χ4n) is 2.14. The molecule has 4 heteroatoms. The van der Waals surface area contributed by atoms with Crippen molar-refractivity contribution in [2.24, 2.45) is 0 Å². The third-order valence-corrected chi connectivity index (χ3v) is 2.71. The summed E-state index contributed by atoms with van der Waals surface area (Å²) in [4.78, 5) is 0. The SMILES string of the molecule is [B][C@@H]1CC[C@]2(O)C[C@H]([B])O[C@H]12. The number of ether oxygens (including phenoxy) is 1. The highest BCUT2D eigenvalue weighted by molar-refractivity contribution is 6.13. The van der Waals surface area contributed by atoms with E-state index in [1.165, 1.54) is 0 Å². The molecule has 1 aliphatic carbocycles. The molecule has 0 aromatic rings. The first-order valence-corrected chi connectivity index (χ1v) is 4.01. The Labute approximate surface area is 69.1 Å². The summed E-state index contributed by atoms with van der Waals surface area (Å²) < 4.78 is 5.30. The van der Waals surface area contributed by atoms with Crippen LogP contribution in [-0.2, 0) is 4.74 Å². The Balaban J connectivity index is 2.18. The minimum absolute atomic E-state index is 0.0338. The molecular weight excluding hydrogens is 138 g/mol. The van der Waals surface area contributed by atoms with Crippen LogP contribution in [0.2, 0.25) is 5.82 Å². The van der Waals surface area contributed by atoms with E-state index >= 15 is 0 Å². The van der Waals surface area contributed by atoms with E-state index in [9.17, 15) is 5.11 Å². The Bertz CT molecular complexity index is 176. The molecule has 2 aliphatic rings. The fraction of sp³-hybridized carbons (Fsp3) is 1.00. The second kappa shape index (κ2) is 2.27. The van der Waals surface area contributed by atoms with Gasteiger partial charge in [0.2, 0.25) is 0 Å². The predicted octanol–water partition coefficient (Wildman–Crippen LogP) is -0.248. The van der Waals surface area contributed by atoms with Crippen molar-refractivity contribution in [2.45, 2.75) is 42.8 Å². The van der Waals surface area contributed by atoms with Gasteiger partial charge in [0.1, 0.15) is 7.85 Å². The molecule has 1 aliphatic heterocycles. The Hall–Kier alpha value is 0.0499. The molecule has 56 valence electrons. The summed E-state index contributed by atoms with van der Waals surface area (Å²) in [6, 6.07) is -0.323. The van der Waals surface area contributed by atoms with Gasteiger partial charge in [0.05, 0.1) is 19.6 Å². The van der Waals surface area contributed by atoms with Crippen LogP contribution in [0.1, 0.15) is 19.3 Å². The molecule has 2 rings (SSSR count). The second-order valence-electron chi connectivity index (χ2n) is 3.61. The first-order valence-electron chi connectivity index (χ1n) is 4.01. The predicted molar refractivity (Wildman–Crippen MR) is 42.7 cm³/mol. The normalized spacial score (nSPS) is 56.3. The largest absolute Gasteiger partial charge is 0.387 e. The highest BCUT2D eigenvalue weighted by Gasteiger charge is 2.51. The first-order chi connectivity index (χ1) is 5.12.